The lowest BCUT2D eigenvalue weighted by molar-refractivity contribution is -0.150. The number of thiophene rings is 1. The lowest BCUT2D eigenvalue weighted by atomic mass is 9.93. The third-order valence-electron chi connectivity index (χ3n) is 2.56. The standard InChI is InChI=1S/C10H15NO2S/c1-4-10(9(12)13,11(2)3)8-6-5-7-14-8/h5-7H,4H2,1-3H3,(H,12,13). The summed E-state index contributed by atoms with van der Waals surface area (Å²) in [7, 11) is 3.61. The minimum absolute atomic E-state index is 0.565. The third kappa shape index (κ3) is 1.55. The minimum atomic E-state index is -0.867. The molecular formula is C10H15NO2S. The molecule has 0 saturated heterocycles. The average molecular weight is 213 g/mol. The minimum Gasteiger partial charge on any atom is -0.480 e. The zero-order valence-corrected chi connectivity index (χ0v) is 9.47. The summed E-state index contributed by atoms with van der Waals surface area (Å²) in [5.41, 5.74) is -0.867. The van der Waals surface area contributed by atoms with Crippen LogP contribution in [0.5, 0.6) is 0 Å². The van der Waals surface area contributed by atoms with Crippen molar-refractivity contribution < 1.29 is 9.90 Å². The fourth-order valence-corrected chi connectivity index (χ4v) is 2.74. The molecule has 78 valence electrons. The molecule has 1 rings (SSSR count). The Bertz CT molecular complexity index is 308. The summed E-state index contributed by atoms with van der Waals surface area (Å²) in [5, 5.41) is 11.2. The van der Waals surface area contributed by atoms with E-state index >= 15 is 0 Å². The van der Waals surface area contributed by atoms with Crippen molar-refractivity contribution >= 4 is 17.3 Å². The van der Waals surface area contributed by atoms with Crippen LogP contribution in [-0.2, 0) is 10.3 Å². The number of nitrogens with zero attached hydrogens (tertiary/aromatic N) is 1. The van der Waals surface area contributed by atoms with Crippen molar-refractivity contribution in [2.24, 2.45) is 0 Å². The van der Waals surface area contributed by atoms with Gasteiger partial charge in [0.2, 0.25) is 0 Å². The quantitative estimate of drug-likeness (QED) is 0.831. The molecule has 1 unspecified atom stereocenters. The summed E-state index contributed by atoms with van der Waals surface area (Å²) in [5.74, 6) is -0.785. The molecular weight excluding hydrogens is 198 g/mol. The van der Waals surface area contributed by atoms with Gasteiger partial charge in [-0.25, -0.2) is 4.79 Å². The van der Waals surface area contributed by atoms with Crippen molar-refractivity contribution in [2.75, 3.05) is 14.1 Å². The van der Waals surface area contributed by atoms with Gasteiger partial charge in [0.15, 0.2) is 5.54 Å². The van der Waals surface area contributed by atoms with Gasteiger partial charge in [-0.05, 0) is 32.0 Å². The molecule has 0 aliphatic carbocycles. The van der Waals surface area contributed by atoms with E-state index in [2.05, 4.69) is 0 Å². The van der Waals surface area contributed by atoms with Gasteiger partial charge in [-0.15, -0.1) is 11.3 Å². The van der Waals surface area contributed by atoms with Gasteiger partial charge in [0.05, 0.1) is 0 Å². The van der Waals surface area contributed by atoms with Crippen LogP contribution in [0.1, 0.15) is 18.2 Å². The van der Waals surface area contributed by atoms with Gasteiger partial charge in [-0.2, -0.15) is 0 Å². The number of carbonyl (C=O) groups is 1. The number of hydrogen-bond acceptors (Lipinski definition) is 3. The van der Waals surface area contributed by atoms with E-state index in [1.54, 1.807) is 19.0 Å². The second-order valence-electron chi connectivity index (χ2n) is 3.39. The molecule has 1 heterocycles. The fourth-order valence-electron chi connectivity index (χ4n) is 1.67. The SMILES string of the molecule is CCC(C(=O)O)(c1cccs1)N(C)C. The van der Waals surface area contributed by atoms with E-state index in [4.69, 9.17) is 0 Å². The largest absolute Gasteiger partial charge is 0.480 e. The van der Waals surface area contributed by atoms with E-state index in [0.29, 0.717) is 6.42 Å². The number of likely N-dealkylation sites (N-methyl/N-ethyl adjacent to an activating group) is 1. The van der Waals surface area contributed by atoms with Gasteiger partial charge in [-0.1, -0.05) is 13.0 Å². The van der Waals surface area contributed by atoms with E-state index in [1.165, 1.54) is 11.3 Å². The number of carboxylic acids is 1. The maximum absolute atomic E-state index is 11.4. The number of carboxylic acid groups (broad SMARTS) is 1. The summed E-state index contributed by atoms with van der Waals surface area (Å²) in [6.07, 6.45) is 0.565. The van der Waals surface area contributed by atoms with E-state index in [-0.39, 0.29) is 0 Å². The van der Waals surface area contributed by atoms with Crippen molar-refractivity contribution in [2.45, 2.75) is 18.9 Å². The summed E-state index contributed by atoms with van der Waals surface area (Å²) in [6.45, 7) is 1.90. The highest BCUT2D eigenvalue weighted by Gasteiger charge is 2.41. The predicted octanol–water partition coefficient (Wildman–Crippen LogP) is 2.00. The molecule has 1 N–H and O–H groups in total. The molecule has 0 fully saturated rings. The maximum Gasteiger partial charge on any atom is 0.329 e. The molecule has 0 aromatic carbocycles. The number of aliphatic carboxylic acids is 1. The van der Waals surface area contributed by atoms with Crippen LogP contribution in [0.25, 0.3) is 0 Å². The number of rotatable bonds is 4. The smallest absolute Gasteiger partial charge is 0.329 e. The van der Waals surface area contributed by atoms with Gasteiger partial charge >= 0.3 is 5.97 Å². The fraction of sp³-hybridized carbons (Fsp3) is 0.500. The highest BCUT2D eigenvalue weighted by molar-refractivity contribution is 7.10. The molecule has 4 heteroatoms. The first-order chi connectivity index (χ1) is 6.55. The summed E-state index contributed by atoms with van der Waals surface area (Å²) >= 11 is 1.49. The number of hydrogen-bond donors (Lipinski definition) is 1. The van der Waals surface area contributed by atoms with Crippen molar-refractivity contribution in [3.8, 4) is 0 Å². The molecule has 0 radical (unpaired) electrons. The van der Waals surface area contributed by atoms with Crippen LogP contribution in [0, 0.1) is 0 Å². The van der Waals surface area contributed by atoms with Crippen LogP contribution < -0.4 is 0 Å². The Morgan fingerprint density at radius 1 is 1.64 bits per heavy atom. The molecule has 3 nitrogen and oxygen atoms in total. The Balaban J connectivity index is 3.22. The molecule has 0 spiro atoms. The van der Waals surface area contributed by atoms with Gasteiger partial charge < -0.3 is 5.11 Å². The Morgan fingerprint density at radius 2 is 2.29 bits per heavy atom. The molecule has 0 bridgehead atoms. The molecule has 0 saturated carbocycles. The van der Waals surface area contributed by atoms with Crippen LogP contribution in [0.15, 0.2) is 17.5 Å². The molecule has 1 atom stereocenters. The molecule has 0 amide bonds. The van der Waals surface area contributed by atoms with E-state index < -0.39 is 11.5 Å². The van der Waals surface area contributed by atoms with Gasteiger partial charge in [0, 0.05) is 4.88 Å². The monoisotopic (exact) mass is 213 g/mol. The summed E-state index contributed by atoms with van der Waals surface area (Å²) in [4.78, 5) is 14.0. The Hall–Kier alpha value is -0.870. The van der Waals surface area contributed by atoms with Crippen molar-refractivity contribution in [3.63, 3.8) is 0 Å². The van der Waals surface area contributed by atoms with Crippen molar-refractivity contribution in [1.82, 2.24) is 4.90 Å². The summed E-state index contributed by atoms with van der Waals surface area (Å²) in [6, 6.07) is 3.76. The predicted molar refractivity (Wildman–Crippen MR) is 57.6 cm³/mol. The van der Waals surface area contributed by atoms with Crippen molar-refractivity contribution in [1.29, 1.82) is 0 Å². The Kier molecular flexibility index (Phi) is 3.29. The normalized spacial score (nSPS) is 15.4. The van der Waals surface area contributed by atoms with E-state index in [0.717, 1.165) is 4.88 Å². The van der Waals surface area contributed by atoms with Crippen LogP contribution in [-0.4, -0.2) is 30.1 Å². The highest BCUT2D eigenvalue weighted by Crippen LogP contribution is 2.33. The second kappa shape index (κ2) is 4.11. The Labute approximate surface area is 88.0 Å². The molecule has 0 aliphatic heterocycles. The van der Waals surface area contributed by atoms with Crippen LogP contribution in [0.2, 0.25) is 0 Å². The van der Waals surface area contributed by atoms with Gasteiger partial charge in [0.1, 0.15) is 0 Å². The first-order valence-corrected chi connectivity index (χ1v) is 5.38. The lowest BCUT2D eigenvalue weighted by Gasteiger charge is -2.34. The molecule has 1 aromatic heterocycles. The first-order valence-electron chi connectivity index (χ1n) is 4.50. The zero-order valence-electron chi connectivity index (χ0n) is 8.65. The summed E-state index contributed by atoms with van der Waals surface area (Å²) < 4.78 is 0. The second-order valence-corrected chi connectivity index (χ2v) is 4.34. The van der Waals surface area contributed by atoms with Crippen LogP contribution in [0.4, 0.5) is 0 Å². The average Bonchev–Trinajstić information content (AvgIpc) is 2.58. The third-order valence-corrected chi connectivity index (χ3v) is 3.58. The van der Waals surface area contributed by atoms with Gasteiger partial charge in [0.25, 0.3) is 0 Å². The van der Waals surface area contributed by atoms with Crippen molar-refractivity contribution in [3.05, 3.63) is 22.4 Å². The van der Waals surface area contributed by atoms with E-state index in [1.807, 2.05) is 24.4 Å². The molecule has 1 aromatic rings. The molecule has 0 aliphatic rings. The van der Waals surface area contributed by atoms with E-state index in [9.17, 15) is 9.90 Å². The highest BCUT2D eigenvalue weighted by atomic mass is 32.1. The topological polar surface area (TPSA) is 40.5 Å². The van der Waals surface area contributed by atoms with Gasteiger partial charge in [-0.3, -0.25) is 4.90 Å². The van der Waals surface area contributed by atoms with Crippen LogP contribution >= 0.6 is 11.3 Å². The van der Waals surface area contributed by atoms with Crippen LogP contribution in [0.3, 0.4) is 0 Å². The lowest BCUT2D eigenvalue weighted by Crippen LogP contribution is -2.47. The maximum atomic E-state index is 11.4. The zero-order chi connectivity index (χ0) is 10.8. The first kappa shape index (κ1) is 11.2. The Morgan fingerprint density at radius 3 is 2.57 bits per heavy atom. The molecule has 14 heavy (non-hydrogen) atoms.